The fraction of sp³-hybridized carbons (Fsp3) is 0.348. The summed E-state index contributed by atoms with van der Waals surface area (Å²) in [4.78, 5) is 38.4. The van der Waals surface area contributed by atoms with Crippen molar-refractivity contribution in [3.8, 4) is 0 Å². The molecule has 1 heterocycles. The van der Waals surface area contributed by atoms with E-state index in [0.29, 0.717) is 11.3 Å². The Balaban J connectivity index is 1.89. The Kier molecular flexibility index (Phi) is 6.40. The first kappa shape index (κ1) is 21.4. The molecule has 0 radical (unpaired) electrons. The zero-order valence-corrected chi connectivity index (χ0v) is 17.6. The van der Waals surface area contributed by atoms with E-state index in [1.54, 1.807) is 24.3 Å². The van der Waals surface area contributed by atoms with Crippen LogP contribution in [0.3, 0.4) is 0 Å². The van der Waals surface area contributed by atoms with Gasteiger partial charge in [0.25, 0.3) is 0 Å². The van der Waals surface area contributed by atoms with Gasteiger partial charge < -0.3 is 15.4 Å². The smallest absolute Gasteiger partial charge is 0.411 e. The molecule has 1 saturated heterocycles. The molecule has 1 aliphatic rings. The standard InChI is InChI=1S/C23H27N3O4/c1-14(2)24-22(28)20-21(18-9-11-19(12-10-18)25-16(4)27)30-23(29)26(20)13-17-7-5-15(3)6-8-17/h5-12,14,20-21H,13H2,1-4H3,(H,24,28)(H,25,27). The van der Waals surface area contributed by atoms with Crippen LogP contribution in [0.15, 0.2) is 48.5 Å². The van der Waals surface area contributed by atoms with Crippen LogP contribution in [0.4, 0.5) is 10.5 Å². The normalized spacial score (nSPS) is 18.3. The Bertz CT molecular complexity index is 922. The number of amides is 3. The topological polar surface area (TPSA) is 87.7 Å². The molecule has 7 heteroatoms. The summed E-state index contributed by atoms with van der Waals surface area (Å²) in [5.74, 6) is -0.438. The number of ether oxygens (including phenoxy) is 1. The number of carbonyl (C=O) groups excluding carboxylic acids is 3. The highest BCUT2D eigenvalue weighted by atomic mass is 16.6. The van der Waals surface area contributed by atoms with Crippen LogP contribution in [-0.2, 0) is 20.9 Å². The summed E-state index contributed by atoms with van der Waals surface area (Å²) in [6, 6.07) is 13.9. The summed E-state index contributed by atoms with van der Waals surface area (Å²) in [5, 5.41) is 5.60. The van der Waals surface area contributed by atoms with Crippen molar-refractivity contribution >= 4 is 23.6 Å². The number of hydrogen-bond acceptors (Lipinski definition) is 4. The molecular weight excluding hydrogens is 382 g/mol. The van der Waals surface area contributed by atoms with Crippen LogP contribution in [0.1, 0.15) is 43.6 Å². The maximum absolute atomic E-state index is 13.0. The zero-order chi connectivity index (χ0) is 21.8. The molecule has 0 spiro atoms. The molecule has 3 amide bonds. The second-order valence-electron chi connectivity index (χ2n) is 7.83. The Hall–Kier alpha value is -3.35. The van der Waals surface area contributed by atoms with Gasteiger partial charge in [0.2, 0.25) is 11.8 Å². The molecule has 0 bridgehead atoms. The minimum Gasteiger partial charge on any atom is -0.438 e. The number of hydrogen-bond donors (Lipinski definition) is 2. The van der Waals surface area contributed by atoms with Gasteiger partial charge in [-0.1, -0.05) is 42.0 Å². The van der Waals surface area contributed by atoms with E-state index in [9.17, 15) is 14.4 Å². The predicted octanol–water partition coefficient (Wildman–Crippen LogP) is 3.54. The van der Waals surface area contributed by atoms with Crippen molar-refractivity contribution in [1.82, 2.24) is 10.2 Å². The van der Waals surface area contributed by atoms with Crippen LogP contribution in [0.2, 0.25) is 0 Å². The Labute approximate surface area is 176 Å². The minimum atomic E-state index is -0.798. The summed E-state index contributed by atoms with van der Waals surface area (Å²) in [6.07, 6.45) is -1.27. The fourth-order valence-electron chi connectivity index (χ4n) is 3.43. The van der Waals surface area contributed by atoms with Crippen LogP contribution in [0, 0.1) is 6.92 Å². The van der Waals surface area contributed by atoms with Gasteiger partial charge in [-0.05, 0) is 44.0 Å². The first-order chi connectivity index (χ1) is 14.2. The Morgan fingerprint density at radius 3 is 2.27 bits per heavy atom. The number of carbonyl (C=O) groups is 3. The van der Waals surface area contributed by atoms with Crippen molar-refractivity contribution in [3.05, 3.63) is 65.2 Å². The number of benzene rings is 2. The van der Waals surface area contributed by atoms with Gasteiger partial charge in [-0.2, -0.15) is 0 Å². The third kappa shape index (κ3) is 4.97. The van der Waals surface area contributed by atoms with Crippen LogP contribution in [-0.4, -0.2) is 34.9 Å². The summed E-state index contributed by atoms with van der Waals surface area (Å²) < 4.78 is 5.63. The molecule has 7 nitrogen and oxygen atoms in total. The van der Waals surface area contributed by atoms with E-state index in [2.05, 4.69) is 10.6 Å². The molecular formula is C23H27N3O4. The largest absolute Gasteiger partial charge is 0.438 e. The zero-order valence-electron chi connectivity index (χ0n) is 17.6. The highest BCUT2D eigenvalue weighted by molar-refractivity contribution is 5.90. The van der Waals surface area contributed by atoms with Crippen LogP contribution < -0.4 is 10.6 Å². The number of aryl methyl sites for hydroxylation is 1. The minimum absolute atomic E-state index is 0.0720. The second kappa shape index (κ2) is 8.98. The summed E-state index contributed by atoms with van der Waals surface area (Å²) >= 11 is 0. The lowest BCUT2D eigenvalue weighted by Gasteiger charge is -2.25. The van der Waals surface area contributed by atoms with E-state index in [1.807, 2.05) is 45.0 Å². The first-order valence-corrected chi connectivity index (χ1v) is 9.95. The summed E-state index contributed by atoms with van der Waals surface area (Å²) in [5.41, 5.74) is 3.36. The van der Waals surface area contributed by atoms with Gasteiger partial charge in [0, 0.05) is 18.7 Å². The van der Waals surface area contributed by atoms with E-state index >= 15 is 0 Å². The van der Waals surface area contributed by atoms with Gasteiger partial charge >= 0.3 is 6.09 Å². The highest BCUT2D eigenvalue weighted by Gasteiger charge is 2.47. The monoisotopic (exact) mass is 409 g/mol. The maximum Gasteiger partial charge on any atom is 0.411 e. The lowest BCUT2D eigenvalue weighted by atomic mass is 10.00. The molecule has 0 aromatic heterocycles. The number of nitrogens with one attached hydrogen (secondary N) is 2. The van der Waals surface area contributed by atoms with Crippen LogP contribution >= 0.6 is 0 Å². The number of anilines is 1. The van der Waals surface area contributed by atoms with E-state index in [-0.39, 0.29) is 24.4 Å². The van der Waals surface area contributed by atoms with Crippen molar-refractivity contribution in [2.45, 2.75) is 52.4 Å². The van der Waals surface area contributed by atoms with Crippen molar-refractivity contribution in [2.75, 3.05) is 5.32 Å². The molecule has 2 N–H and O–H groups in total. The van der Waals surface area contributed by atoms with E-state index in [1.165, 1.54) is 11.8 Å². The number of rotatable bonds is 6. The van der Waals surface area contributed by atoms with Crippen LogP contribution in [0.5, 0.6) is 0 Å². The number of nitrogens with zero attached hydrogens (tertiary/aromatic N) is 1. The molecule has 2 atom stereocenters. The van der Waals surface area contributed by atoms with Gasteiger partial charge in [-0.25, -0.2) is 4.79 Å². The lowest BCUT2D eigenvalue weighted by Crippen LogP contribution is -2.48. The quantitative estimate of drug-likeness (QED) is 0.764. The molecule has 3 rings (SSSR count). The third-order valence-corrected chi connectivity index (χ3v) is 4.82. The van der Waals surface area contributed by atoms with E-state index in [0.717, 1.165) is 11.1 Å². The molecule has 1 aliphatic heterocycles. The molecule has 0 saturated carbocycles. The average Bonchev–Trinajstić information content (AvgIpc) is 2.99. The maximum atomic E-state index is 13.0. The predicted molar refractivity (Wildman–Crippen MR) is 114 cm³/mol. The first-order valence-electron chi connectivity index (χ1n) is 9.95. The SMILES string of the molecule is CC(=O)Nc1ccc(C2OC(=O)N(Cc3ccc(C)cc3)C2C(=O)NC(C)C)cc1. The molecule has 158 valence electrons. The number of cyclic esters (lactones) is 1. The fourth-order valence-corrected chi connectivity index (χ4v) is 3.43. The average molecular weight is 409 g/mol. The van der Waals surface area contributed by atoms with Crippen LogP contribution in [0.25, 0.3) is 0 Å². The van der Waals surface area contributed by atoms with E-state index in [4.69, 9.17) is 4.74 Å². The molecule has 2 unspecified atom stereocenters. The Morgan fingerprint density at radius 1 is 1.07 bits per heavy atom. The molecule has 2 aromatic carbocycles. The van der Waals surface area contributed by atoms with Crippen molar-refractivity contribution < 1.29 is 19.1 Å². The van der Waals surface area contributed by atoms with Gasteiger partial charge in [-0.3, -0.25) is 14.5 Å². The van der Waals surface area contributed by atoms with Crippen molar-refractivity contribution in [3.63, 3.8) is 0 Å². The summed E-state index contributed by atoms with van der Waals surface area (Å²) in [6.45, 7) is 7.44. The van der Waals surface area contributed by atoms with Crippen molar-refractivity contribution in [1.29, 1.82) is 0 Å². The lowest BCUT2D eigenvalue weighted by molar-refractivity contribution is -0.126. The molecule has 2 aromatic rings. The van der Waals surface area contributed by atoms with Gasteiger partial charge in [0.1, 0.15) is 0 Å². The molecule has 30 heavy (non-hydrogen) atoms. The van der Waals surface area contributed by atoms with E-state index < -0.39 is 18.2 Å². The molecule has 0 aliphatic carbocycles. The third-order valence-electron chi connectivity index (χ3n) is 4.82. The molecule has 1 fully saturated rings. The highest BCUT2D eigenvalue weighted by Crippen LogP contribution is 2.34. The Morgan fingerprint density at radius 2 is 1.70 bits per heavy atom. The van der Waals surface area contributed by atoms with Gasteiger partial charge in [0.05, 0.1) is 6.54 Å². The van der Waals surface area contributed by atoms with Gasteiger partial charge in [0.15, 0.2) is 12.1 Å². The van der Waals surface area contributed by atoms with Gasteiger partial charge in [-0.15, -0.1) is 0 Å². The van der Waals surface area contributed by atoms with Crippen molar-refractivity contribution in [2.24, 2.45) is 0 Å². The second-order valence-corrected chi connectivity index (χ2v) is 7.83. The summed E-state index contributed by atoms with van der Waals surface area (Å²) in [7, 11) is 0.